The molecule has 0 aliphatic rings. The number of ether oxygens (including phenoxy) is 2. The van der Waals surface area contributed by atoms with Gasteiger partial charge in [0.05, 0.1) is 20.3 Å². The molecule has 7 nitrogen and oxygen atoms in total. The van der Waals surface area contributed by atoms with Gasteiger partial charge in [-0.1, -0.05) is 30.3 Å². The molecule has 186 valence electrons. The summed E-state index contributed by atoms with van der Waals surface area (Å²) in [4.78, 5) is 30.0. The Bertz CT molecular complexity index is 1080. The Hall–Kier alpha value is -3.58. The summed E-state index contributed by atoms with van der Waals surface area (Å²) in [5.74, 6) is 0.373. The summed E-state index contributed by atoms with van der Waals surface area (Å²) in [6, 6.07) is 21.0. The van der Waals surface area contributed by atoms with E-state index in [9.17, 15) is 9.59 Å². The number of hydrogen-bond acceptors (Lipinski definition) is 4. The second-order valence-corrected chi connectivity index (χ2v) is 8.68. The van der Waals surface area contributed by atoms with Crippen LogP contribution in [0.15, 0.2) is 72.9 Å². The van der Waals surface area contributed by atoms with Gasteiger partial charge in [-0.3, -0.25) is 9.59 Å². The van der Waals surface area contributed by atoms with Crippen LogP contribution in [0.2, 0.25) is 0 Å². The molecule has 7 heteroatoms. The van der Waals surface area contributed by atoms with E-state index in [4.69, 9.17) is 9.47 Å². The lowest BCUT2D eigenvalue weighted by Gasteiger charge is -2.30. The van der Waals surface area contributed by atoms with E-state index in [-0.39, 0.29) is 24.4 Å². The fourth-order valence-corrected chi connectivity index (χ4v) is 3.85. The molecule has 1 aromatic heterocycles. The zero-order valence-corrected chi connectivity index (χ0v) is 21.0. The molecule has 2 aromatic carbocycles. The van der Waals surface area contributed by atoms with Crippen molar-refractivity contribution in [2.24, 2.45) is 0 Å². The average Bonchev–Trinajstić information content (AvgIpc) is 3.31. The lowest BCUT2D eigenvalue weighted by atomic mass is 10.1. The van der Waals surface area contributed by atoms with Crippen LogP contribution >= 0.6 is 0 Å². The summed E-state index contributed by atoms with van der Waals surface area (Å²) in [5.41, 5.74) is 2.74. The maximum Gasteiger partial charge on any atom is 0.254 e. The second kappa shape index (κ2) is 12.8. The predicted octanol–water partition coefficient (Wildman–Crippen LogP) is 4.07. The fraction of sp³-hybridized carbons (Fsp3) is 0.357. The number of benzene rings is 2. The number of hydrogen-bond donors (Lipinski definition) is 0. The van der Waals surface area contributed by atoms with Crippen LogP contribution in [-0.4, -0.2) is 66.1 Å². The number of methoxy groups -OCH3 is 2. The lowest BCUT2D eigenvalue weighted by Crippen LogP contribution is -2.46. The molecule has 2 amide bonds. The Morgan fingerprint density at radius 1 is 0.943 bits per heavy atom. The van der Waals surface area contributed by atoms with Crippen LogP contribution in [0.5, 0.6) is 5.75 Å². The zero-order valence-electron chi connectivity index (χ0n) is 21.0. The molecule has 0 aliphatic heterocycles. The van der Waals surface area contributed by atoms with Crippen molar-refractivity contribution in [3.63, 3.8) is 0 Å². The first-order valence-electron chi connectivity index (χ1n) is 11.8. The molecule has 0 fully saturated rings. The first-order valence-corrected chi connectivity index (χ1v) is 11.8. The minimum atomic E-state index is -0.185. The van der Waals surface area contributed by atoms with Crippen molar-refractivity contribution < 1.29 is 19.1 Å². The highest BCUT2D eigenvalue weighted by atomic mass is 16.5. The monoisotopic (exact) mass is 477 g/mol. The summed E-state index contributed by atoms with van der Waals surface area (Å²) >= 11 is 0. The maximum absolute atomic E-state index is 13.4. The van der Waals surface area contributed by atoms with E-state index in [1.807, 2.05) is 50.4 Å². The molecular weight excluding hydrogens is 442 g/mol. The summed E-state index contributed by atoms with van der Waals surface area (Å²) in [6.07, 6.45) is 2.02. The third kappa shape index (κ3) is 7.20. The van der Waals surface area contributed by atoms with Gasteiger partial charge in [0.25, 0.3) is 5.91 Å². The molecule has 0 saturated carbocycles. The first kappa shape index (κ1) is 26.0. The second-order valence-electron chi connectivity index (χ2n) is 8.68. The molecule has 0 aliphatic carbocycles. The highest BCUT2D eigenvalue weighted by Gasteiger charge is 2.25. The first-order chi connectivity index (χ1) is 16.9. The van der Waals surface area contributed by atoms with Gasteiger partial charge in [-0.2, -0.15) is 0 Å². The van der Waals surface area contributed by atoms with Crippen LogP contribution in [0.1, 0.15) is 35.5 Å². The van der Waals surface area contributed by atoms with Gasteiger partial charge < -0.3 is 23.8 Å². The van der Waals surface area contributed by atoms with E-state index in [1.165, 1.54) is 5.56 Å². The number of aromatic nitrogens is 1. The van der Waals surface area contributed by atoms with Crippen molar-refractivity contribution in [2.45, 2.75) is 33.0 Å². The Kier molecular flexibility index (Phi) is 9.49. The van der Waals surface area contributed by atoms with E-state index in [0.717, 1.165) is 12.2 Å². The van der Waals surface area contributed by atoms with Crippen LogP contribution in [0.3, 0.4) is 0 Å². The van der Waals surface area contributed by atoms with E-state index in [0.29, 0.717) is 31.0 Å². The largest absolute Gasteiger partial charge is 0.497 e. The summed E-state index contributed by atoms with van der Waals surface area (Å²) in [6.45, 7) is 5.84. The maximum atomic E-state index is 13.4. The lowest BCUT2D eigenvalue weighted by molar-refractivity contribution is -0.133. The molecule has 0 radical (unpaired) electrons. The molecule has 0 unspecified atom stereocenters. The third-order valence-corrected chi connectivity index (χ3v) is 5.92. The van der Waals surface area contributed by atoms with Crippen LogP contribution in [0, 0.1) is 0 Å². The number of amides is 2. The molecular formula is C28H35N3O4. The van der Waals surface area contributed by atoms with Crippen LogP contribution in [0.4, 0.5) is 0 Å². The van der Waals surface area contributed by atoms with Crippen LogP contribution in [-0.2, 0) is 22.6 Å². The van der Waals surface area contributed by atoms with Gasteiger partial charge in [-0.25, -0.2) is 0 Å². The van der Waals surface area contributed by atoms with E-state index >= 15 is 0 Å². The van der Waals surface area contributed by atoms with Gasteiger partial charge in [0.2, 0.25) is 5.91 Å². The van der Waals surface area contributed by atoms with Gasteiger partial charge in [-0.15, -0.1) is 0 Å². The Labute approximate surface area is 207 Å². The molecule has 1 heterocycles. The third-order valence-electron chi connectivity index (χ3n) is 5.92. The van der Waals surface area contributed by atoms with Crippen molar-refractivity contribution in [1.29, 1.82) is 0 Å². The SMILES string of the molecule is COCCN(Cc1cccn1Cc1ccccc1)C(=O)CN(C(=O)c1ccc(OC)cc1)C(C)C. The summed E-state index contributed by atoms with van der Waals surface area (Å²) < 4.78 is 12.6. The van der Waals surface area contributed by atoms with Crippen molar-refractivity contribution in [2.75, 3.05) is 33.9 Å². The Morgan fingerprint density at radius 2 is 1.66 bits per heavy atom. The minimum absolute atomic E-state index is 0.00830. The average molecular weight is 478 g/mol. The van der Waals surface area contributed by atoms with Crippen LogP contribution in [0.25, 0.3) is 0 Å². The normalized spacial score (nSPS) is 10.9. The standard InChI is InChI=1S/C28H35N3O4/c1-22(2)31(28(33)24-12-14-26(35-4)15-13-24)21-27(32)30(17-18-34-3)20-25-11-8-16-29(25)19-23-9-6-5-7-10-23/h5-16,22H,17-21H2,1-4H3. The fourth-order valence-electron chi connectivity index (χ4n) is 3.85. The molecule has 35 heavy (non-hydrogen) atoms. The summed E-state index contributed by atoms with van der Waals surface area (Å²) in [7, 11) is 3.20. The quantitative estimate of drug-likeness (QED) is 0.395. The van der Waals surface area contributed by atoms with Crippen molar-refractivity contribution in [1.82, 2.24) is 14.4 Å². The van der Waals surface area contributed by atoms with Crippen LogP contribution < -0.4 is 4.74 Å². The molecule has 3 aromatic rings. The minimum Gasteiger partial charge on any atom is -0.497 e. The highest BCUT2D eigenvalue weighted by molar-refractivity contribution is 5.96. The predicted molar refractivity (Wildman–Crippen MR) is 136 cm³/mol. The van der Waals surface area contributed by atoms with Gasteiger partial charge >= 0.3 is 0 Å². The highest BCUT2D eigenvalue weighted by Crippen LogP contribution is 2.16. The molecule has 0 saturated heterocycles. The Balaban J connectivity index is 1.75. The van der Waals surface area contributed by atoms with Crippen molar-refractivity contribution in [3.05, 3.63) is 89.7 Å². The van der Waals surface area contributed by atoms with E-state index < -0.39 is 0 Å². The number of nitrogens with zero attached hydrogens (tertiary/aromatic N) is 3. The van der Waals surface area contributed by atoms with Gasteiger partial charge in [0.15, 0.2) is 0 Å². The smallest absolute Gasteiger partial charge is 0.254 e. The van der Waals surface area contributed by atoms with Crippen molar-refractivity contribution in [3.8, 4) is 5.75 Å². The van der Waals surface area contributed by atoms with Crippen molar-refractivity contribution >= 4 is 11.8 Å². The molecule has 0 bridgehead atoms. The van der Waals surface area contributed by atoms with E-state index in [1.54, 1.807) is 48.3 Å². The van der Waals surface area contributed by atoms with Gasteiger partial charge in [0, 0.05) is 43.7 Å². The zero-order chi connectivity index (χ0) is 25.2. The molecule has 3 rings (SSSR count). The number of carbonyl (C=O) groups is 2. The molecule has 0 spiro atoms. The molecule has 0 N–H and O–H groups in total. The Morgan fingerprint density at radius 3 is 2.29 bits per heavy atom. The number of carbonyl (C=O) groups excluding carboxylic acids is 2. The number of rotatable bonds is 12. The van der Waals surface area contributed by atoms with E-state index in [2.05, 4.69) is 16.7 Å². The summed E-state index contributed by atoms with van der Waals surface area (Å²) in [5, 5.41) is 0. The van der Waals surface area contributed by atoms with Gasteiger partial charge in [-0.05, 0) is 55.8 Å². The van der Waals surface area contributed by atoms with Gasteiger partial charge in [0.1, 0.15) is 12.3 Å². The molecule has 0 atom stereocenters. The topological polar surface area (TPSA) is 64.0 Å².